The van der Waals surface area contributed by atoms with Gasteiger partial charge in [0, 0.05) is 11.6 Å². The van der Waals surface area contributed by atoms with E-state index in [0.29, 0.717) is 6.42 Å². The van der Waals surface area contributed by atoms with Crippen LogP contribution in [0.2, 0.25) is 0 Å². The summed E-state index contributed by atoms with van der Waals surface area (Å²) in [7, 11) is 1.43. The summed E-state index contributed by atoms with van der Waals surface area (Å²) >= 11 is 0. The quantitative estimate of drug-likeness (QED) is 0.749. The molecule has 0 aliphatic heterocycles. The lowest BCUT2D eigenvalue weighted by molar-refractivity contribution is -0.145. The number of nitrogens with zero attached hydrogens (tertiary/aromatic N) is 1. The maximum Gasteiger partial charge on any atom is 0.418 e. The summed E-state index contributed by atoms with van der Waals surface area (Å²) in [5.74, 6) is -0.222. The monoisotopic (exact) mass is 329 g/mol. The highest BCUT2D eigenvalue weighted by Crippen LogP contribution is 2.32. The van der Waals surface area contributed by atoms with Gasteiger partial charge in [0.15, 0.2) is 0 Å². The van der Waals surface area contributed by atoms with Gasteiger partial charge >= 0.3 is 12.1 Å². The lowest BCUT2D eigenvalue weighted by atomic mass is 9.82. The Morgan fingerprint density at radius 1 is 1.21 bits per heavy atom. The van der Waals surface area contributed by atoms with E-state index in [1.165, 1.54) is 12.7 Å². The van der Waals surface area contributed by atoms with Crippen molar-refractivity contribution in [2.24, 2.45) is 5.92 Å². The number of rotatable bonds is 1. The molecular formula is C19H23NO4. The van der Waals surface area contributed by atoms with Gasteiger partial charge < -0.3 is 9.47 Å². The fourth-order valence-electron chi connectivity index (χ4n) is 3.33. The van der Waals surface area contributed by atoms with Gasteiger partial charge in [0.05, 0.1) is 18.5 Å². The van der Waals surface area contributed by atoms with Gasteiger partial charge in [-0.1, -0.05) is 6.07 Å². The molecule has 5 heteroatoms. The van der Waals surface area contributed by atoms with E-state index < -0.39 is 5.60 Å². The zero-order valence-corrected chi connectivity index (χ0v) is 14.6. The van der Waals surface area contributed by atoms with Crippen molar-refractivity contribution in [1.29, 1.82) is 0 Å². The molecule has 128 valence electrons. The van der Waals surface area contributed by atoms with Crippen LogP contribution in [0, 0.1) is 5.92 Å². The zero-order valence-electron chi connectivity index (χ0n) is 14.6. The third kappa shape index (κ3) is 3.03. The molecule has 0 fully saturated rings. The molecule has 0 bridgehead atoms. The van der Waals surface area contributed by atoms with Crippen LogP contribution in [0.25, 0.3) is 10.9 Å². The number of hydrogen-bond donors (Lipinski definition) is 0. The predicted octanol–water partition coefficient (Wildman–Crippen LogP) is 3.70. The number of benzene rings is 1. The van der Waals surface area contributed by atoms with E-state index in [2.05, 4.69) is 0 Å². The summed E-state index contributed by atoms with van der Waals surface area (Å²) in [6.45, 7) is 5.56. The molecule has 24 heavy (non-hydrogen) atoms. The van der Waals surface area contributed by atoms with Crippen molar-refractivity contribution in [2.45, 2.75) is 45.6 Å². The largest absolute Gasteiger partial charge is 0.469 e. The third-order valence-electron chi connectivity index (χ3n) is 4.41. The van der Waals surface area contributed by atoms with Crippen LogP contribution in [0.15, 0.2) is 24.4 Å². The number of aromatic nitrogens is 1. The minimum Gasteiger partial charge on any atom is -0.469 e. The second-order valence-electron chi connectivity index (χ2n) is 7.27. The first-order valence-corrected chi connectivity index (χ1v) is 8.23. The molecule has 1 aliphatic rings. The molecule has 0 amide bonds. The van der Waals surface area contributed by atoms with Crippen LogP contribution in [0.5, 0.6) is 0 Å². The highest BCUT2D eigenvalue weighted by atomic mass is 16.6. The average Bonchev–Trinajstić information content (AvgIpc) is 2.96. The molecule has 3 rings (SSSR count). The van der Waals surface area contributed by atoms with Gasteiger partial charge in [0.1, 0.15) is 5.60 Å². The third-order valence-corrected chi connectivity index (χ3v) is 4.41. The Morgan fingerprint density at radius 3 is 2.62 bits per heavy atom. The van der Waals surface area contributed by atoms with Crippen molar-refractivity contribution in [2.75, 3.05) is 7.11 Å². The summed E-state index contributed by atoms with van der Waals surface area (Å²) in [5.41, 5.74) is 2.69. The van der Waals surface area contributed by atoms with Crippen molar-refractivity contribution in [1.82, 2.24) is 4.57 Å². The average molecular weight is 329 g/mol. The van der Waals surface area contributed by atoms with Crippen molar-refractivity contribution in [3.63, 3.8) is 0 Å². The predicted molar refractivity (Wildman–Crippen MR) is 91.1 cm³/mol. The molecule has 1 heterocycles. The number of esters is 1. The first kappa shape index (κ1) is 16.6. The van der Waals surface area contributed by atoms with Crippen LogP contribution in [0.1, 0.15) is 38.3 Å². The van der Waals surface area contributed by atoms with Gasteiger partial charge in [-0.15, -0.1) is 0 Å². The van der Waals surface area contributed by atoms with Crippen molar-refractivity contribution < 1.29 is 19.1 Å². The number of aryl methyl sites for hydroxylation is 1. The standard InChI is InChI=1S/C19H23NO4/c1-19(2,3)24-18(22)20-10-9-15-14-7-5-13(17(21)23-4)11-12(14)6-8-16(15)20/h6,8-10,13H,5,7,11H2,1-4H3. The Balaban J connectivity index is 1.94. The Kier molecular flexibility index (Phi) is 4.11. The molecular weight excluding hydrogens is 306 g/mol. The van der Waals surface area contributed by atoms with Gasteiger partial charge in [0.2, 0.25) is 0 Å². The molecule has 1 aromatic carbocycles. The van der Waals surface area contributed by atoms with E-state index in [4.69, 9.17) is 9.47 Å². The minimum atomic E-state index is -0.532. The van der Waals surface area contributed by atoms with Gasteiger partial charge in [-0.25, -0.2) is 4.79 Å². The van der Waals surface area contributed by atoms with Crippen LogP contribution < -0.4 is 0 Å². The lowest BCUT2D eigenvalue weighted by Gasteiger charge is -2.23. The fourth-order valence-corrected chi connectivity index (χ4v) is 3.33. The molecule has 5 nitrogen and oxygen atoms in total. The van der Waals surface area contributed by atoms with E-state index in [1.807, 2.05) is 39.0 Å². The van der Waals surface area contributed by atoms with Gasteiger partial charge in [0.25, 0.3) is 0 Å². The SMILES string of the molecule is COC(=O)C1CCc2c(ccc3c2ccn3C(=O)OC(C)(C)C)C1. The second kappa shape index (κ2) is 5.96. The number of fused-ring (bicyclic) bond motifs is 3. The smallest absolute Gasteiger partial charge is 0.418 e. The first-order valence-electron chi connectivity index (χ1n) is 8.23. The summed E-state index contributed by atoms with van der Waals surface area (Å²) in [4.78, 5) is 24.1. The maximum atomic E-state index is 12.4. The number of ether oxygens (including phenoxy) is 2. The summed E-state index contributed by atoms with van der Waals surface area (Å²) in [6.07, 6.45) is 3.66. The van der Waals surface area contributed by atoms with Crippen LogP contribution in [-0.2, 0) is 27.1 Å². The number of carbonyl (C=O) groups is 2. The van der Waals surface area contributed by atoms with Gasteiger partial charge in [-0.2, -0.15) is 0 Å². The molecule has 1 unspecified atom stereocenters. The Labute approximate surface area is 141 Å². The van der Waals surface area contributed by atoms with Gasteiger partial charge in [-0.05, 0) is 63.3 Å². The normalized spacial score (nSPS) is 17.4. The number of carbonyl (C=O) groups excluding carboxylic acids is 2. The second-order valence-corrected chi connectivity index (χ2v) is 7.27. The van der Waals surface area contributed by atoms with Crippen molar-refractivity contribution in [3.05, 3.63) is 35.5 Å². The Morgan fingerprint density at radius 2 is 1.96 bits per heavy atom. The number of hydrogen-bond acceptors (Lipinski definition) is 4. The zero-order chi connectivity index (χ0) is 17.5. The molecule has 0 spiro atoms. The maximum absolute atomic E-state index is 12.4. The molecule has 1 aliphatic carbocycles. The van der Waals surface area contributed by atoms with Crippen molar-refractivity contribution in [3.8, 4) is 0 Å². The Hall–Kier alpha value is -2.30. The highest BCUT2D eigenvalue weighted by Gasteiger charge is 2.27. The fraction of sp³-hybridized carbons (Fsp3) is 0.474. The van der Waals surface area contributed by atoms with Crippen LogP contribution >= 0.6 is 0 Å². The van der Waals surface area contributed by atoms with E-state index in [1.54, 1.807) is 10.8 Å². The molecule has 1 atom stereocenters. The summed E-state index contributed by atoms with van der Waals surface area (Å²) in [6, 6.07) is 5.89. The molecule has 2 aromatic rings. The topological polar surface area (TPSA) is 57.5 Å². The minimum absolute atomic E-state index is 0.0760. The molecule has 0 radical (unpaired) electrons. The molecule has 1 aromatic heterocycles. The molecule has 0 saturated carbocycles. The highest BCUT2D eigenvalue weighted by molar-refractivity contribution is 5.92. The first-order chi connectivity index (χ1) is 11.3. The summed E-state index contributed by atoms with van der Waals surface area (Å²) in [5, 5.41) is 1.06. The van der Waals surface area contributed by atoms with E-state index in [-0.39, 0.29) is 18.0 Å². The van der Waals surface area contributed by atoms with Crippen molar-refractivity contribution >= 4 is 23.0 Å². The van der Waals surface area contributed by atoms with Crippen LogP contribution in [0.4, 0.5) is 4.79 Å². The van der Waals surface area contributed by atoms with Crippen LogP contribution in [0.3, 0.4) is 0 Å². The summed E-state index contributed by atoms with van der Waals surface area (Å²) < 4.78 is 11.9. The van der Waals surface area contributed by atoms with Gasteiger partial charge in [-0.3, -0.25) is 9.36 Å². The molecule has 0 saturated heterocycles. The lowest BCUT2D eigenvalue weighted by Crippen LogP contribution is -2.26. The molecule has 0 N–H and O–H groups in total. The van der Waals surface area contributed by atoms with Crippen LogP contribution in [-0.4, -0.2) is 29.3 Å². The Bertz CT molecular complexity index is 798. The van der Waals surface area contributed by atoms with E-state index >= 15 is 0 Å². The van der Waals surface area contributed by atoms with E-state index in [9.17, 15) is 9.59 Å². The number of methoxy groups -OCH3 is 1. The van der Waals surface area contributed by atoms with E-state index in [0.717, 1.165) is 29.3 Å².